The fraction of sp³-hybridized carbons (Fsp3) is 0.571. The van der Waals surface area contributed by atoms with Crippen LogP contribution in [0.1, 0.15) is 76.0 Å². The van der Waals surface area contributed by atoms with Crippen molar-refractivity contribution in [2.45, 2.75) is 78.6 Å². The Balaban J connectivity index is 2.49. The zero-order chi connectivity index (χ0) is 17.2. The summed E-state index contributed by atoms with van der Waals surface area (Å²) in [5.74, 6) is 0.816. The molecule has 24 heavy (non-hydrogen) atoms. The van der Waals surface area contributed by atoms with Crippen molar-refractivity contribution in [1.82, 2.24) is 15.0 Å². The van der Waals surface area contributed by atoms with E-state index in [0.29, 0.717) is 0 Å². The van der Waals surface area contributed by atoms with E-state index < -0.39 is 0 Å². The maximum atomic E-state index is 4.41. The zero-order valence-corrected chi connectivity index (χ0v) is 15.5. The van der Waals surface area contributed by atoms with E-state index in [2.05, 4.69) is 47.9 Å². The molecule has 2 aromatic rings. The van der Waals surface area contributed by atoms with Crippen molar-refractivity contribution in [3.05, 3.63) is 41.5 Å². The summed E-state index contributed by atoms with van der Waals surface area (Å²) in [5, 5.41) is 0. The predicted molar refractivity (Wildman–Crippen MR) is 101 cm³/mol. The number of rotatable bonds is 10. The molecule has 0 aliphatic rings. The molecule has 0 atom stereocenters. The Morgan fingerprint density at radius 2 is 1.29 bits per heavy atom. The minimum atomic E-state index is 0.816. The minimum Gasteiger partial charge on any atom is -0.225 e. The average molecular weight is 326 g/mol. The molecular weight excluding hydrogens is 294 g/mol. The van der Waals surface area contributed by atoms with Gasteiger partial charge in [-0.2, -0.15) is 0 Å². The molecule has 0 aliphatic carbocycles. The Hall–Kier alpha value is -1.77. The summed E-state index contributed by atoms with van der Waals surface area (Å²) in [4.78, 5) is 12.8. The van der Waals surface area contributed by atoms with Gasteiger partial charge >= 0.3 is 0 Å². The minimum absolute atomic E-state index is 0.816. The van der Waals surface area contributed by atoms with Gasteiger partial charge in [-0.25, -0.2) is 15.0 Å². The second-order valence-corrected chi connectivity index (χ2v) is 6.50. The van der Waals surface area contributed by atoms with Crippen LogP contribution in [-0.2, 0) is 19.3 Å². The van der Waals surface area contributed by atoms with Gasteiger partial charge in [0, 0.05) is 5.56 Å². The molecule has 0 fully saturated rings. The smallest absolute Gasteiger partial charge is 0.162 e. The van der Waals surface area contributed by atoms with Crippen LogP contribution in [-0.4, -0.2) is 15.0 Å². The van der Waals surface area contributed by atoms with Crippen LogP contribution >= 0.6 is 0 Å². The summed E-state index contributed by atoms with van der Waals surface area (Å²) in [6.45, 7) is 6.80. The van der Waals surface area contributed by atoms with Gasteiger partial charge in [0.25, 0.3) is 0 Å². The van der Waals surface area contributed by atoms with E-state index in [0.717, 1.165) is 12.2 Å². The Bertz CT molecular complexity index is 608. The molecule has 0 saturated heterocycles. The maximum Gasteiger partial charge on any atom is 0.162 e. The van der Waals surface area contributed by atoms with E-state index in [9.17, 15) is 0 Å². The number of aryl methyl sites for hydroxylation is 1. The molecule has 0 bridgehead atoms. The highest BCUT2D eigenvalue weighted by molar-refractivity contribution is 5.63. The number of benzene rings is 1. The first kappa shape index (κ1) is 18.6. The molecule has 1 heterocycles. The standard InChI is InChI=1S/C21H31N3/c1-4-7-10-17-13-14-20(21-23-15-22-16-24-21)19(12-9-6-3)18(17)11-8-5-2/h13-16H,4-12H2,1-3H3. The van der Waals surface area contributed by atoms with Crippen molar-refractivity contribution in [3.8, 4) is 11.4 Å². The number of unbranched alkanes of at least 4 members (excludes halogenated alkanes) is 3. The second-order valence-electron chi connectivity index (χ2n) is 6.50. The first-order valence-electron chi connectivity index (χ1n) is 9.57. The van der Waals surface area contributed by atoms with Crippen LogP contribution in [0.4, 0.5) is 0 Å². The van der Waals surface area contributed by atoms with Crippen LogP contribution in [0.15, 0.2) is 24.8 Å². The molecule has 0 amide bonds. The van der Waals surface area contributed by atoms with Crippen molar-refractivity contribution in [2.75, 3.05) is 0 Å². The van der Waals surface area contributed by atoms with Crippen molar-refractivity contribution >= 4 is 0 Å². The normalized spacial score (nSPS) is 11.0. The molecule has 3 heteroatoms. The van der Waals surface area contributed by atoms with Crippen molar-refractivity contribution in [3.63, 3.8) is 0 Å². The third-order valence-electron chi connectivity index (χ3n) is 4.62. The van der Waals surface area contributed by atoms with Gasteiger partial charge in [-0.05, 0) is 55.2 Å². The monoisotopic (exact) mass is 325 g/mol. The fourth-order valence-electron chi connectivity index (χ4n) is 3.23. The van der Waals surface area contributed by atoms with Crippen LogP contribution in [0.2, 0.25) is 0 Å². The second kappa shape index (κ2) is 10.2. The Kier molecular flexibility index (Phi) is 7.87. The molecule has 130 valence electrons. The lowest BCUT2D eigenvalue weighted by atomic mass is 9.87. The van der Waals surface area contributed by atoms with Gasteiger partial charge in [0.2, 0.25) is 0 Å². The highest BCUT2D eigenvalue weighted by Crippen LogP contribution is 2.30. The van der Waals surface area contributed by atoms with E-state index in [-0.39, 0.29) is 0 Å². The molecule has 2 rings (SSSR count). The molecule has 0 N–H and O–H groups in total. The number of hydrogen-bond acceptors (Lipinski definition) is 3. The first-order chi connectivity index (χ1) is 11.8. The Labute approximate surface area is 147 Å². The van der Waals surface area contributed by atoms with Crippen LogP contribution < -0.4 is 0 Å². The van der Waals surface area contributed by atoms with Crippen LogP contribution in [0, 0.1) is 0 Å². The van der Waals surface area contributed by atoms with Crippen LogP contribution in [0.25, 0.3) is 11.4 Å². The van der Waals surface area contributed by atoms with Gasteiger partial charge in [-0.1, -0.05) is 52.2 Å². The lowest BCUT2D eigenvalue weighted by Gasteiger charge is -2.18. The molecule has 0 aliphatic heterocycles. The zero-order valence-electron chi connectivity index (χ0n) is 15.5. The van der Waals surface area contributed by atoms with Crippen molar-refractivity contribution in [1.29, 1.82) is 0 Å². The molecule has 0 unspecified atom stereocenters. The third kappa shape index (κ3) is 4.86. The Morgan fingerprint density at radius 1 is 0.708 bits per heavy atom. The van der Waals surface area contributed by atoms with E-state index in [4.69, 9.17) is 0 Å². The quantitative estimate of drug-likeness (QED) is 0.573. The lowest BCUT2D eigenvalue weighted by Crippen LogP contribution is -2.05. The first-order valence-corrected chi connectivity index (χ1v) is 9.57. The summed E-state index contributed by atoms with van der Waals surface area (Å²) in [7, 11) is 0. The van der Waals surface area contributed by atoms with Gasteiger partial charge in [-0.15, -0.1) is 0 Å². The topological polar surface area (TPSA) is 38.7 Å². The predicted octanol–water partition coefficient (Wildman–Crippen LogP) is 5.57. The van der Waals surface area contributed by atoms with Crippen LogP contribution in [0.3, 0.4) is 0 Å². The van der Waals surface area contributed by atoms with E-state index in [1.54, 1.807) is 18.2 Å². The molecule has 0 spiro atoms. The summed E-state index contributed by atoms with van der Waals surface area (Å²) in [6, 6.07) is 4.55. The largest absolute Gasteiger partial charge is 0.225 e. The van der Waals surface area contributed by atoms with Crippen molar-refractivity contribution in [2.24, 2.45) is 0 Å². The average Bonchev–Trinajstić information content (AvgIpc) is 2.63. The lowest BCUT2D eigenvalue weighted by molar-refractivity contribution is 0.735. The van der Waals surface area contributed by atoms with Gasteiger partial charge in [0.1, 0.15) is 12.7 Å². The van der Waals surface area contributed by atoms with Gasteiger partial charge < -0.3 is 0 Å². The van der Waals surface area contributed by atoms with Gasteiger partial charge in [-0.3, -0.25) is 0 Å². The van der Waals surface area contributed by atoms with Gasteiger partial charge in [0.05, 0.1) is 0 Å². The highest BCUT2D eigenvalue weighted by atomic mass is 15.0. The fourth-order valence-corrected chi connectivity index (χ4v) is 3.23. The summed E-state index contributed by atoms with van der Waals surface area (Å²) < 4.78 is 0. The molecule has 0 saturated carbocycles. The molecule has 1 aromatic heterocycles. The van der Waals surface area contributed by atoms with Gasteiger partial charge in [0.15, 0.2) is 5.82 Å². The molecule has 3 nitrogen and oxygen atoms in total. The molecule has 0 radical (unpaired) electrons. The number of aromatic nitrogens is 3. The SMILES string of the molecule is CCCCc1ccc(-c2ncncn2)c(CCCC)c1CCCC. The maximum absolute atomic E-state index is 4.41. The third-order valence-corrected chi connectivity index (χ3v) is 4.62. The number of hydrogen-bond donors (Lipinski definition) is 0. The van der Waals surface area contributed by atoms with Crippen molar-refractivity contribution < 1.29 is 0 Å². The Morgan fingerprint density at radius 3 is 1.92 bits per heavy atom. The molecule has 1 aromatic carbocycles. The number of nitrogens with zero attached hydrogens (tertiary/aromatic N) is 3. The summed E-state index contributed by atoms with van der Waals surface area (Å²) >= 11 is 0. The van der Waals surface area contributed by atoms with Crippen LogP contribution in [0.5, 0.6) is 0 Å². The van der Waals surface area contributed by atoms with E-state index in [1.807, 2.05) is 0 Å². The summed E-state index contributed by atoms with van der Waals surface area (Å²) in [6.07, 6.45) is 14.1. The molecular formula is C21H31N3. The van der Waals surface area contributed by atoms with E-state index >= 15 is 0 Å². The highest BCUT2D eigenvalue weighted by Gasteiger charge is 2.15. The van der Waals surface area contributed by atoms with E-state index in [1.165, 1.54) is 68.1 Å². The summed E-state index contributed by atoms with van der Waals surface area (Å²) in [5.41, 5.74) is 5.79.